The van der Waals surface area contributed by atoms with E-state index < -0.39 is 15.3 Å². The second-order valence-electron chi connectivity index (χ2n) is 4.01. The van der Waals surface area contributed by atoms with Crippen LogP contribution in [-0.4, -0.2) is 18.7 Å². The van der Waals surface area contributed by atoms with Gasteiger partial charge in [0.05, 0.1) is 10.7 Å². The van der Waals surface area contributed by atoms with Gasteiger partial charge in [0.1, 0.15) is 5.25 Å². The highest BCUT2D eigenvalue weighted by Crippen LogP contribution is 2.19. The maximum atomic E-state index is 11.9. The van der Waals surface area contributed by atoms with Gasteiger partial charge in [0.2, 0.25) is 10.0 Å². The number of sulfonamides is 1. The van der Waals surface area contributed by atoms with Crippen LogP contribution in [0.15, 0.2) is 18.2 Å². The van der Waals surface area contributed by atoms with Crippen LogP contribution in [0.25, 0.3) is 0 Å². The summed E-state index contributed by atoms with van der Waals surface area (Å²) < 4.78 is 26.4. The fourth-order valence-electron chi connectivity index (χ4n) is 1.24. The lowest BCUT2D eigenvalue weighted by molar-refractivity contribution is 0.598. The Kier molecular flexibility index (Phi) is 4.11. The molecule has 0 radical (unpaired) electrons. The monoisotopic (exact) mass is 272 g/mol. The van der Waals surface area contributed by atoms with Crippen LogP contribution in [0, 0.1) is 13.8 Å². The SMILES string of the molecule is Cc1ccc(C)c(NS(=O)(=O)C(C)C(N)=S)c1. The van der Waals surface area contributed by atoms with Crippen LogP contribution < -0.4 is 10.5 Å². The molecule has 1 atom stereocenters. The Balaban J connectivity index is 3.06. The average Bonchev–Trinajstić information content (AvgIpc) is 2.21. The van der Waals surface area contributed by atoms with Gasteiger partial charge in [-0.15, -0.1) is 0 Å². The highest BCUT2D eigenvalue weighted by atomic mass is 32.2. The van der Waals surface area contributed by atoms with E-state index in [9.17, 15) is 8.42 Å². The Morgan fingerprint density at radius 1 is 1.41 bits per heavy atom. The van der Waals surface area contributed by atoms with Crippen molar-refractivity contribution in [2.24, 2.45) is 5.73 Å². The van der Waals surface area contributed by atoms with E-state index >= 15 is 0 Å². The first-order valence-electron chi connectivity index (χ1n) is 5.12. The zero-order chi connectivity index (χ0) is 13.2. The number of thiocarbonyl (C=S) groups is 1. The molecule has 0 heterocycles. The van der Waals surface area contributed by atoms with Crippen LogP contribution in [0.2, 0.25) is 0 Å². The molecule has 0 fully saturated rings. The summed E-state index contributed by atoms with van der Waals surface area (Å²) in [6.45, 7) is 5.20. The number of nitrogens with two attached hydrogens (primary N) is 1. The molecule has 0 saturated heterocycles. The third-order valence-electron chi connectivity index (χ3n) is 2.51. The molecule has 1 aromatic carbocycles. The van der Waals surface area contributed by atoms with Gasteiger partial charge in [0.15, 0.2) is 0 Å². The van der Waals surface area contributed by atoms with Gasteiger partial charge in [0.25, 0.3) is 0 Å². The fourth-order valence-corrected chi connectivity index (χ4v) is 2.63. The molecule has 0 aliphatic carbocycles. The number of benzene rings is 1. The minimum Gasteiger partial charge on any atom is -0.392 e. The van der Waals surface area contributed by atoms with E-state index in [4.69, 9.17) is 18.0 Å². The lowest BCUT2D eigenvalue weighted by Gasteiger charge is -2.15. The molecule has 94 valence electrons. The normalized spacial score (nSPS) is 13.1. The van der Waals surface area contributed by atoms with Crippen molar-refractivity contribution in [1.29, 1.82) is 0 Å². The lowest BCUT2D eigenvalue weighted by Crippen LogP contribution is -2.35. The van der Waals surface area contributed by atoms with Crippen molar-refractivity contribution in [3.05, 3.63) is 29.3 Å². The summed E-state index contributed by atoms with van der Waals surface area (Å²) in [5.41, 5.74) is 7.76. The highest BCUT2D eigenvalue weighted by Gasteiger charge is 2.23. The number of rotatable bonds is 4. The third kappa shape index (κ3) is 3.41. The molecule has 0 aliphatic rings. The maximum Gasteiger partial charge on any atom is 0.241 e. The quantitative estimate of drug-likeness (QED) is 0.819. The standard InChI is InChI=1S/C11H16N2O2S2/c1-7-4-5-8(2)10(6-7)13-17(14,15)9(3)11(12)16/h4-6,9,13H,1-3H3,(H2,12,16). The van der Waals surface area contributed by atoms with Crippen LogP contribution in [0.3, 0.4) is 0 Å². The predicted molar refractivity (Wildman–Crippen MR) is 74.7 cm³/mol. The van der Waals surface area contributed by atoms with Crippen molar-refractivity contribution >= 4 is 32.9 Å². The van der Waals surface area contributed by atoms with Gasteiger partial charge in [-0.1, -0.05) is 24.4 Å². The van der Waals surface area contributed by atoms with E-state index in [0.717, 1.165) is 11.1 Å². The fraction of sp³-hybridized carbons (Fsp3) is 0.364. The molecule has 0 saturated carbocycles. The molecule has 3 N–H and O–H groups in total. The van der Waals surface area contributed by atoms with Crippen molar-refractivity contribution < 1.29 is 8.42 Å². The van der Waals surface area contributed by atoms with E-state index in [-0.39, 0.29) is 4.99 Å². The summed E-state index contributed by atoms with van der Waals surface area (Å²) in [6.07, 6.45) is 0. The van der Waals surface area contributed by atoms with E-state index in [0.29, 0.717) is 5.69 Å². The molecule has 0 aromatic heterocycles. The van der Waals surface area contributed by atoms with Crippen LogP contribution in [0.1, 0.15) is 18.1 Å². The molecule has 1 unspecified atom stereocenters. The summed E-state index contributed by atoms with van der Waals surface area (Å²) in [7, 11) is -3.57. The Hall–Kier alpha value is -1.14. The topological polar surface area (TPSA) is 72.2 Å². The second kappa shape index (κ2) is 5.01. The van der Waals surface area contributed by atoms with Gasteiger partial charge in [-0.3, -0.25) is 4.72 Å². The molecule has 0 spiro atoms. The van der Waals surface area contributed by atoms with Gasteiger partial charge >= 0.3 is 0 Å². The molecular formula is C11H16N2O2S2. The Labute approximate surface area is 107 Å². The Morgan fingerprint density at radius 2 is 2.00 bits per heavy atom. The predicted octanol–water partition coefficient (Wildman–Crippen LogP) is 1.72. The summed E-state index contributed by atoms with van der Waals surface area (Å²) >= 11 is 4.70. The smallest absolute Gasteiger partial charge is 0.241 e. The highest BCUT2D eigenvalue weighted by molar-refractivity contribution is 7.95. The van der Waals surface area contributed by atoms with Gasteiger partial charge < -0.3 is 5.73 Å². The van der Waals surface area contributed by atoms with E-state index in [1.165, 1.54) is 6.92 Å². The van der Waals surface area contributed by atoms with Gasteiger partial charge in [0, 0.05) is 0 Å². The molecule has 1 aromatic rings. The number of anilines is 1. The summed E-state index contributed by atoms with van der Waals surface area (Å²) in [5, 5.41) is -0.891. The van der Waals surface area contributed by atoms with E-state index in [1.54, 1.807) is 6.07 Å². The Morgan fingerprint density at radius 3 is 2.53 bits per heavy atom. The van der Waals surface area contributed by atoms with Gasteiger partial charge in [-0.2, -0.15) is 0 Å². The van der Waals surface area contributed by atoms with Crippen LogP contribution in [0.4, 0.5) is 5.69 Å². The lowest BCUT2D eigenvalue weighted by atomic mass is 10.1. The van der Waals surface area contributed by atoms with Crippen molar-refractivity contribution in [3.8, 4) is 0 Å². The third-order valence-corrected chi connectivity index (χ3v) is 4.70. The molecule has 1 rings (SSSR count). The van der Waals surface area contributed by atoms with Crippen molar-refractivity contribution in [3.63, 3.8) is 0 Å². The largest absolute Gasteiger partial charge is 0.392 e. The summed E-state index contributed by atoms with van der Waals surface area (Å²) in [4.78, 5) is -0.0391. The maximum absolute atomic E-state index is 11.9. The van der Waals surface area contributed by atoms with Crippen molar-refractivity contribution in [1.82, 2.24) is 0 Å². The Bertz CT molecular complexity index is 538. The number of hydrogen-bond acceptors (Lipinski definition) is 3. The van der Waals surface area contributed by atoms with Gasteiger partial charge in [-0.05, 0) is 38.0 Å². The zero-order valence-corrected chi connectivity index (χ0v) is 11.7. The minimum absolute atomic E-state index is 0.0391. The molecular weight excluding hydrogens is 256 g/mol. The number of hydrogen-bond donors (Lipinski definition) is 2. The van der Waals surface area contributed by atoms with Crippen LogP contribution in [0.5, 0.6) is 0 Å². The summed E-state index contributed by atoms with van der Waals surface area (Å²) in [6, 6.07) is 5.56. The minimum atomic E-state index is -3.57. The molecule has 0 bridgehead atoms. The van der Waals surface area contributed by atoms with Crippen LogP contribution >= 0.6 is 12.2 Å². The average molecular weight is 272 g/mol. The molecule has 0 aliphatic heterocycles. The molecule has 4 nitrogen and oxygen atoms in total. The first kappa shape index (κ1) is 13.9. The number of aryl methyl sites for hydroxylation is 2. The first-order valence-corrected chi connectivity index (χ1v) is 7.07. The zero-order valence-electron chi connectivity index (χ0n) is 10.0. The van der Waals surface area contributed by atoms with Crippen molar-refractivity contribution in [2.75, 3.05) is 4.72 Å². The molecule has 6 heteroatoms. The first-order chi connectivity index (χ1) is 7.74. The molecule has 17 heavy (non-hydrogen) atoms. The second-order valence-corrected chi connectivity index (χ2v) is 6.48. The van der Waals surface area contributed by atoms with Crippen molar-refractivity contribution in [2.45, 2.75) is 26.0 Å². The number of nitrogens with one attached hydrogen (secondary N) is 1. The molecule has 0 amide bonds. The van der Waals surface area contributed by atoms with Crippen LogP contribution in [-0.2, 0) is 10.0 Å². The van der Waals surface area contributed by atoms with E-state index in [2.05, 4.69) is 4.72 Å². The summed E-state index contributed by atoms with van der Waals surface area (Å²) in [5.74, 6) is 0. The van der Waals surface area contributed by atoms with Gasteiger partial charge in [-0.25, -0.2) is 8.42 Å². The van der Waals surface area contributed by atoms with E-state index in [1.807, 2.05) is 26.0 Å².